The van der Waals surface area contributed by atoms with Crippen molar-refractivity contribution in [2.45, 2.75) is 96.3 Å². The van der Waals surface area contributed by atoms with E-state index in [1.54, 1.807) is 0 Å². The fourth-order valence-electron chi connectivity index (χ4n) is 3.32. The molecule has 110 valence electrons. The Morgan fingerprint density at radius 3 is 2.58 bits per heavy atom. The average molecular weight is 266 g/mol. The fourth-order valence-corrected chi connectivity index (χ4v) is 3.32. The molecular weight excluding hydrogens is 236 g/mol. The Bertz CT molecular complexity index is 312. The second kappa shape index (κ2) is 6.25. The number of hydrogen-bond donors (Lipinski definition) is 1. The van der Waals surface area contributed by atoms with Crippen LogP contribution < -0.4 is 5.32 Å². The summed E-state index contributed by atoms with van der Waals surface area (Å²) in [5.41, 5.74) is -0.141. The summed E-state index contributed by atoms with van der Waals surface area (Å²) < 4.78 is 0. The lowest BCUT2D eigenvalue weighted by Gasteiger charge is -2.30. The first-order chi connectivity index (χ1) is 9.14. The molecule has 1 spiro atoms. The number of unbranched alkanes of at least 4 members (excludes halogenated alkanes) is 3. The van der Waals surface area contributed by atoms with E-state index in [1.807, 2.05) is 0 Å². The van der Waals surface area contributed by atoms with Crippen molar-refractivity contribution < 1.29 is 4.79 Å². The third-order valence-electron chi connectivity index (χ3n) is 4.69. The van der Waals surface area contributed by atoms with Crippen LogP contribution in [0.4, 0.5) is 0 Å². The molecule has 0 radical (unpaired) electrons. The van der Waals surface area contributed by atoms with E-state index in [4.69, 9.17) is 0 Å². The number of amides is 1. The second-order valence-electron chi connectivity index (χ2n) is 6.44. The molecule has 0 aromatic heterocycles. The minimum Gasteiger partial charge on any atom is -0.323 e. The molecule has 1 saturated heterocycles. The highest BCUT2D eigenvalue weighted by Crippen LogP contribution is 2.43. The number of nitrogens with zero attached hydrogens (tertiary/aromatic N) is 1. The zero-order valence-corrected chi connectivity index (χ0v) is 12.9. The number of rotatable bonds is 8. The van der Waals surface area contributed by atoms with Crippen LogP contribution in [0, 0.1) is 0 Å². The maximum absolute atomic E-state index is 12.6. The largest absolute Gasteiger partial charge is 0.323 e. The zero-order chi connectivity index (χ0) is 13.9. The van der Waals surface area contributed by atoms with E-state index < -0.39 is 0 Å². The topological polar surface area (TPSA) is 32.3 Å². The molecule has 2 fully saturated rings. The fraction of sp³-hybridized carbons (Fsp3) is 0.938. The summed E-state index contributed by atoms with van der Waals surface area (Å²) in [6.45, 7) is 6.68. The van der Waals surface area contributed by atoms with Gasteiger partial charge in [-0.25, -0.2) is 0 Å². The molecule has 1 N–H and O–H groups in total. The predicted molar refractivity (Wildman–Crippen MR) is 78.9 cm³/mol. The van der Waals surface area contributed by atoms with Crippen LogP contribution in [0.1, 0.15) is 78.6 Å². The van der Waals surface area contributed by atoms with Crippen LogP contribution in [-0.4, -0.2) is 28.6 Å². The van der Waals surface area contributed by atoms with Gasteiger partial charge in [0.25, 0.3) is 0 Å². The summed E-state index contributed by atoms with van der Waals surface area (Å²) in [5, 5.41) is 3.60. The Hall–Kier alpha value is -0.570. The number of carbonyl (C=O) groups is 1. The SMILES string of the molecule is CCCCCCC(C)N1C(=O)C2(CC2)NC1CCC. The highest BCUT2D eigenvalue weighted by Gasteiger charge is 2.59. The Morgan fingerprint density at radius 1 is 1.26 bits per heavy atom. The monoisotopic (exact) mass is 266 g/mol. The molecule has 0 bridgehead atoms. The summed E-state index contributed by atoms with van der Waals surface area (Å²) >= 11 is 0. The van der Waals surface area contributed by atoms with Gasteiger partial charge in [0.05, 0.1) is 11.7 Å². The smallest absolute Gasteiger partial charge is 0.244 e. The van der Waals surface area contributed by atoms with Gasteiger partial charge in [0.15, 0.2) is 0 Å². The van der Waals surface area contributed by atoms with E-state index in [2.05, 4.69) is 31.0 Å². The van der Waals surface area contributed by atoms with Crippen LogP contribution in [0.2, 0.25) is 0 Å². The highest BCUT2D eigenvalue weighted by molar-refractivity contribution is 5.92. The average Bonchev–Trinajstić information content (AvgIpc) is 3.10. The van der Waals surface area contributed by atoms with Crippen molar-refractivity contribution in [2.24, 2.45) is 0 Å². The van der Waals surface area contributed by atoms with E-state index in [0.717, 1.165) is 32.1 Å². The van der Waals surface area contributed by atoms with Gasteiger partial charge in [0.1, 0.15) is 0 Å². The second-order valence-corrected chi connectivity index (χ2v) is 6.44. The van der Waals surface area contributed by atoms with Gasteiger partial charge in [0.2, 0.25) is 5.91 Å². The van der Waals surface area contributed by atoms with Crippen LogP contribution in [0.3, 0.4) is 0 Å². The Morgan fingerprint density at radius 2 is 2.00 bits per heavy atom. The molecule has 2 aliphatic rings. The molecule has 2 atom stereocenters. The minimum absolute atomic E-state index is 0.141. The molecule has 1 aliphatic carbocycles. The number of carbonyl (C=O) groups excluding carboxylic acids is 1. The number of hydrogen-bond acceptors (Lipinski definition) is 2. The van der Waals surface area contributed by atoms with E-state index in [1.165, 1.54) is 25.7 Å². The molecule has 1 aliphatic heterocycles. The third-order valence-corrected chi connectivity index (χ3v) is 4.69. The van der Waals surface area contributed by atoms with Crippen LogP contribution in [0.15, 0.2) is 0 Å². The molecule has 19 heavy (non-hydrogen) atoms. The van der Waals surface area contributed by atoms with Gasteiger partial charge in [-0.1, -0.05) is 46.0 Å². The third kappa shape index (κ3) is 3.13. The van der Waals surface area contributed by atoms with Gasteiger partial charge in [-0.3, -0.25) is 10.1 Å². The van der Waals surface area contributed by atoms with Crippen LogP contribution in [0.5, 0.6) is 0 Å². The summed E-state index contributed by atoms with van der Waals surface area (Å²) in [6.07, 6.45) is 10.9. The van der Waals surface area contributed by atoms with Crippen LogP contribution >= 0.6 is 0 Å². The Labute approximate surface area is 118 Å². The summed E-state index contributed by atoms with van der Waals surface area (Å²) in [4.78, 5) is 14.7. The van der Waals surface area contributed by atoms with Gasteiger partial charge < -0.3 is 4.90 Å². The van der Waals surface area contributed by atoms with Crippen molar-refractivity contribution in [1.82, 2.24) is 10.2 Å². The van der Waals surface area contributed by atoms with E-state index >= 15 is 0 Å². The minimum atomic E-state index is -0.141. The molecule has 2 unspecified atom stereocenters. The Balaban J connectivity index is 1.89. The predicted octanol–water partition coefficient (Wildman–Crippen LogP) is 3.44. The molecule has 0 aromatic rings. The lowest BCUT2D eigenvalue weighted by Crippen LogP contribution is -2.43. The van der Waals surface area contributed by atoms with Gasteiger partial charge in [-0.05, 0) is 32.6 Å². The standard InChI is InChI=1S/C16H30N2O/c1-4-6-7-8-10-13(3)18-14(9-5-2)17-16(11-12-16)15(18)19/h13-14,17H,4-12H2,1-3H3. The zero-order valence-electron chi connectivity index (χ0n) is 12.9. The molecule has 1 saturated carbocycles. The van der Waals surface area contributed by atoms with Crippen LogP contribution in [0.25, 0.3) is 0 Å². The van der Waals surface area contributed by atoms with Crippen molar-refractivity contribution in [2.75, 3.05) is 0 Å². The van der Waals surface area contributed by atoms with E-state index in [9.17, 15) is 4.79 Å². The van der Waals surface area contributed by atoms with Gasteiger partial charge in [0, 0.05) is 6.04 Å². The summed E-state index contributed by atoms with van der Waals surface area (Å²) in [5.74, 6) is 0.383. The highest BCUT2D eigenvalue weighted by atomic mass is 16.2. The van der Waals surface area contributed by atoms with Crippen LogP contribution in [-0.2, 0) is 4.79 Å². The lowest BCUT2D eigenvalue weighted by molar-refractivity contribution is -0.132. The van der Waals surface area contributed by atoms with Crippen molar-refractivity contribution >= 4 is 5.91 Å². The molecule has 2 rings (SSSR count). The maximum Gasteiger partial charge on any atom is 0.244 e. The summed E-state index contributed by atoms with van der Waals surface area (Å²) in [7, 11) is 0. The first-order valence-electron chi connectivity index (χ1n) is 8.25. The van der Waals surface area contributed by atoms with Crippen molar-refractivity contribution in [3.8, 4) is 0 Å². The lowest BCUT2D eigenvalue weighted by atomic mass is 10.1. The number of nitrogens with one attached hydrogen (secondary N) is 1. The molecule has 1 amide bonds. The van der Waals surface area contributed by atoms with E-state index in [0.29, 0.717) is 18.1 Å². The first-order valence-corrected chi connectivity index (χ1v) is 8.25. The van der Waals surface area contributed by atoms with Gasteiger partial charge in [-0.2, -0.15) is 0 Å². The maximum atomic E-state index is 12.6. The van der Waals surface area contributed by atoms with E-state index in [-0.39, 0.29) is 5.54 Å². The molecule has 1 heterocycles. The molecule has 0 aromatic carbocycles. The van der Waals surface area contributed by atoms with Gasteiger partial charge in [-0.15, -0.1) is 0 Å². The normalized spacial score (nSPS) is 26.2. The van der Waals surface area contributed by atoms with Crippen molar-refractivity contribution in [3.63, 3.8) is 0 Å². The first kappa shape index (κ1) is 14.8. The summed E-state index contributed by atoms with van der Waals surface area (Å²) in [6, 6.07) is 0.397. The Kier molecular flexibility index (Phi) is 4.88. The molecular formula is C16H30N2O. The van der Waals surface area contributed by atoms with Gasteiger partial charge >= 0.3 is 0 Å². The molecule has 3 heteroatoms. The van der Waals surface area contributed by atoms with Crippen molar-refractivity contribution in [1.29, 1.82) is 0 Å². The molecule has 3 nitrogen and oxygen atoms in total. The van der Waals surface area contributed by atoms with Crippen molar-refractivity contribution in [3.05, 3.63) is 0 Å². The quantitative estimate of drug-likeness (QED) is 0.683.